The second-order valence-electron chi connectivity index (χ2n) is 5.93. The van der Waals surface area contributed by atoms with E-state index in [0.29, 0.717) is 18.8 Å². The second-order valence-corrected chi connectivity index (χ2v) is 6.34. The van der Waals surface area contributed by atoms with Gasteiger partial charge in [0.2, 0.25) is 5.91 Å². The fourth-order valence-corrected chi connectivity index (χ4v) is 3.10. The Hall–Kier alpha value is -2.05. The standard InChI is InChI=1S/C18H16ClF3N2O/c1-11-18(25)24(12-5-6-17(22)14(19)9-12)8-7-23(11)10-13-15(20)3-2-4-16(13)21/h2-6,9,11H,7-8,10H2,1H3. The van der Waals surface area contributed by atoms with Crippen LogP contribution in [0.3, 0.4) is 0 Å². The molecule has 25 heavy (non-hydrogen) atoms. The summed E-state index contributed by atoms with van der Waals surface area (Å²) in [5.74, 6) is -2.05. The van der Waals surface area contributed by atoms with Crippen molar-refractivity contribution in [1.82, 2.24) is 4.90 Å². The zero-order valence-corrected chi connectivity index (χ0v) is 14.2. The minimum absolute atomic E-state index is 0.00340. The summed E-state index contributed by atoms with van der Waals surface area (Å²) < 4.78 is 41.0. The molecule has 0 spiro atoms. The van der Waals surface area contributed by atoms with Crippen molar-refractivity contribution in [2.45, 2.75) is 19.5 Å². The highest BCUT2D eigenvalue weighted by Crippen LogP contribution is 2.26. The van der Waals surface area contributed by atoms with Gasteiger partial charge in [-0.05, 0) is 37.3 Å². The van der Waals surface area contributed by atoms with Gasteiger partial charge in [-0.25, -0.2) is 13.2 Å². The summed E-state index contributed by atoms with van der Waals surface area (Å²) in [5.41, 5.74) is 0.445. The Bertz CT molecular complexity index is 795. The molecule has 0 N–H and O–H groups in total. The van der Waals surface area contributed by atoms with Crippen molar-refractivity contribution in [2.24, 2.45) is 0 Å². The Labute approximate surface area is 148 Å². The number of hydrogen-bond acceptors (Lipinski definition) is 2. The predicted molar refractivity (Wildman–Crippen MR) is 90.0 cm³/mol. The molecular weight excluding hydrogens is 353 g/mol. The van der Waals surface area contributed by atoms with E-state index in [0.717, 1.165) is 0 Å². The Morgan fingerprint density at radius 1 is 1.08 bits per heavy atom. The molecule has 2 aromatic carbocycles. The summed E-state index contributed by atoms with van der Waals surface area (Å²) in [7, 11) is 0. The molecule has 1 amide bonds. The molecule has 0 aromatic heterocycles. The van der Waals surface area contributed by atoms with Gasteiger partial charge in [0.15, 0.2) is 0 Å². The zero-order chi connectivity index (χ0) is 18.1. The summed E-state index contributed by atoms with van der Waals surface area (Å²) >= 11 is 5.78. The SMILES string of the molecule is CC1C(=O)N(c2ccc(F)c(Cl)c2)CCN1Cc1c(F)cccc1F. The lowest BCUT2D eigenvalue weighted by Crippen LogP contribution is -2.55. The van der Waals surface area contributed by atoms with Gasteiger partial charge in [-0.3, -0.25) is 9.69 Å². The Morgan fingerprint density at radius 3 is 2.40 bits per heavy atom. The largest absolute Gasteiger partial charge is 0.310 e. The monoisotopic (exact) mass is 368 g/mol. The van der Waals surface area contributed by atoms with Crippen molar-refractivity contribution in [3.8, 4) is 0 Å². The van der Waals surface area contributed by atoms with Crippen molar-refractivity contribution in [3.63, 3.8) is 0 Å². The number of anilines is 1. The number of piperazine rings is 1. The highest BCUT2D eigenvalue weighted by atomic mass is 35.5. The van der Waals surface area contributed by atoms with E-state index in [4.69, 9.17) is 11.6 Å². The molecule has 0 saturated carbocycles. The van der Waals surface area contributed by atoms with Gasteiger partial charge >= 0.3 is 0 Å². The molecule has 0 aliphatic carbocycles. The average molecular weight is 369 g/mol. The van der Waals surface area contributed by atoms with Crippen LogP contribution < -0.4 is 4.90 Å². The second kappa shape index (κ2) is 7.06. The van der Waals surface area contributed by atoms with Gasteiger partial charge in [0.25, 0.3) is 0 Å². The van der Waals surface area contributed by atoms with Crippen LogP contribution in [0, 0.1) is 17.5 Å². The Morgan fingerprint density at radius 2 is 1.76 bits per heavy atom. The predicted octanol–water partition coefficient (Wildman–Crippen LogP) is 3.99. The van der Waals surface area contributed by atoms with Crippen LogP contribution in [-0.4, -0.2) is 29.9 Å². The van der Waals surface area contributed by atoms with E-state index in [1.165, 1.54) is 41.3 Å². The number of hydrogen-bond donors (Lipinski definition) is 0. The fraction of sp³-hybridized carbons (Fsp3) is 0.278. The third-order valence-electron chi connectivity index (χ3n) is 4.42. The molecule has 0 bridgehead atoms. The van der Waals surface area contributed by atoms with E-state index < -0.39 is 23.5 Å². The molecule has 132 valence electrons. The molecule has 2 aromatic rings. The first-order chi connectivity index (χ1) is 11.9. The van der Waals surface area contributed by atoms with Crippen LogP contribution in [0.15, 0.2) is 36.4 Å². The van der Waals surface area contributed by atoms with Crippen LogP contribution in [0.4, 0.5) is 18.9 Å². The zero-order valence-electron chi connectivity index (χ0n) is 13.5. The van der Waals surface area contributed by atoms with Crippen LogP contribution in [0.25, 0.3) is 0 Å². The van der Waals surface area contributed by atoms with Crippen LogP contribution >= 0.6 is 11.6 Å². The third-order valence-corrected chi connectivity index (χ3v) is 4.71. The van der Waals surface area contributed by atoms with E-state index >= 15 is 0 Å². The summed E-state index contributed by atoms with van der Waals surface area (Å²) in [6.45, 7) is 2.43. The van der Waals surface area contributed by atoms with Crippen molar-refractivity contribution < 1.29 is 18.0 Å². The van der Waals surface area contributed by atoms with Gasteiger partial charge in [0, 0.05) is 30.9 Å². The highest BCUT2D eigenvalue weighted by molar-refractivity contribution is 6.31. The lowest BCUT2D eigenvalue weighted by molar-refractivity contribution is -0.125. The van der Waals surface area contributed by atoms with Crippen molar-refractivity contribution in [3.05, 3.63) is 64.4 Å². The molecule has 1 aliphatic heterocycles. The molecule has 1 atom stereocenters. The molecule has 1 heterocycles. The number of carbonyl (C=O) groups is 1. The first-order valence-corrected chi connectivity index (χ1v) is 8.19. The van der Waals surface area contributed by atoms with Crippen LogP contribution in [0.2, 0.25) is 5.02 Å². The number of halogens is 4. The number of nitrogens with zero attached hydrogens (tertiary/aromatic N) is 2. The molecule has 1 aliphatic rings. The molecule has 1 saturated heterocycles. The van der Waals surface area contributed by atoms with E-state index in [2.05, 4.69) is 0 Å². The first kappa shape index (κ1) is 17.8. The van der Waals surface area contributed by atoms with Gasteiger partial charge in [-0.2, -0.15) is 0 Å². The molecule has 3 rings (SSSR count). The minimum Gasteiger partial charge on any atom is -0.310 e. The maximum absolute atomic E-state index is 13.8. The molecular formula is C18H16ClF3N2O. The van der Waals surface area contributed by atoms with Crippen LogP contribution in [0.1, 0.15) is 12.5 Å². The normalized spacial score (nSPS) is 18.7. The topological polar surface area (TPSA) is 23.6 Å². The number of carbonyl (C=O) groups excluding carboxylic acids is 1. The maximum atomic E-state index is 13.8. The van der Waals surface area contributed by atoms with E-state index in [-0.39, 0.29) is 23.0 Å². The molecule has 0 radical (unpaired) electrons. The van der Waals surface area contributed by atoms with Gasteiger partial charge in [0.05, 0.1) is 11.1 Å². The van der Waals surface area contributed by atoms with Crippen molar-refractivity contribution in [1.29, 1.82) is 0 Å². The van der Waals surface area contributed by atoms with Crippen LogP contribution in [-0.2, 0) is 11.3 Å². The van der Waals surface area contributed by atoms with Gasteiger partial charge in [-0.15, -0.1) is 0 Å². The van der Waals surface area contributed by atoms with Crippen LogP contribution in [0.5, 0.6) is 0 Å². The summed E-state index contributed by atoms with van der Waals surface area (Å²) in [6.07, 6.45) is 0. The quantitative estimate of drug-likeness (QED) is 0.817. The van der Waals surface area contributed by atoms with E-state index in [1.807, 2.05) is 0 Å². The lowest BCUT2D eigenvalue weighted by atomic mass is 10.1. The lowest BCUT2D eigenvalue weighted by Gasteiger charge is -2.39. The van der Waals surface area contributed by atoms with E-state index in [9.17, 15) is 18.0 Å². The summed E-state index contributed by atoms with van der Waals surface area (Å²) in [4.78, 5) is 15.9. The molecule has 3 nitrogen and oxygen atoms in total. The Balaban J connectivity index is 1.78. The smallest absolute Gasteiger partial charge is 0.244 e. The molecule has 1 fully saturated rings. The van der Waals surface area contributed by atoms with Crippen molar-refractivity contribution in [2.75, 3.05) is 18.0 Å². The minimum atomic E-state index is -0.632. The first-order valence-electron chi connectivity index (χ1n) is 7.82. The van der Waals surface area contributed by atoms with Crippen molar-refractivity contribution >= 4 is 23.2 Å². The van der Waals surface area contributed by atoms with Gasteiger partial charge < -0.3 is 4.90 Å². The number of amides is 1. The van der Waals surface area contributed by atoms with E-state index in [1.54, 1.807) is 11.8 Å². The highest BCUT2D eigenvalue weighted by Gasteiger charge is 2.33. The molecule has 7 heteroatoms. The Kier molecular flexibility index (Phi) is 5.01. The number of benzene rings is 2. The maximum Gasteiger partial charge on any atom is 0.244 e. The van der Waals surface area contributed by atoms with Gasteiger partial charge in [-0.1, -0.05) is 17.7 Å². The van der Waals surface area contributed by atoms with Gasteiger partial charge in [0.1, 0.15) is 17.5 Å². The third kappa shape index (κ3) is 3.50. The summed E-state index contributed by atoms with van der Waals surface area (Å²) in [6, 6.07) is 7.21. The summed E-state index contributed by atoms with van der Waals surface area (Å²) in [5, 5.41) is -0.0613. The average Bonchev–Trinajstić information content (AvgIpc) is 2.58. The number of rotatable bonds is 3. The molecule has 1 unspecified atom stereocenters. The fourth-order valence-electron chi connectivity index (χ4n) is 2.93.